The lowest BCUT2D eigenvalue weighted by Gasteiger charge is -2.37. The summed E-state index contributed by atoms with van der Waals surface area (Å²) in [5.74, 6) is -0.819. The first kappa shape index (κ1) is 20.5. The summed E-state index contributed by atoms with van der Waals surface area (Å²) in [6, 6.07) is 7.65. The third-order valence-corrected chi connectivity index (χ3v) is 6.58. The topological polar surface area (TPSA) is 109 Å². The van der Waals surface area contributed by atoms with Crippen LogP contribution in [0.25, 0.3) is 17.0 Å². The second kappa shape index (κ2) is 8.27. The quantitative estimate of drug-likeness (QED) is 0.556. The minimum atomic E-state index is -0.649. The summed E-state index contributed by atoms with van der Waals surface area (Å²) < 4.78 is 5.12. The Morgan fingerprint density at radius 3 is 2.66 bits per heavy atom. The lowest BCUT2D eigenvalue weighted by atomic mass is 10.1. The Morgan fingerprint density at radius 2 is 1.97 bits per heavy atom. The van der Waals surface area contributed by atoms with Crippen molar-refractivity contribution in [2.45, 2.75) is 18.9 Å². The van der Waals surface area contributed by atoms with Crippen molar-refractivity contribution in [2.75, 3.05) is 31.1 Å². The van der Waals surface area contributed by atoms with Gasteiger partial charge >= 0.3 is 5.97 Å². The molecule has 5 rings (SSSR count). The Kier molecular flexibility index (Phi) is 5.30. The molecular weight excluding hydrogens is 432 g/mol. The normalized spacial score (nSPS) is 22.6. The number of nitrogens with one attached hydrogen (secondary N) is 1. The van der Waals surface area contributed by atoms with Crippen LogP contribution in [-0.2, 0) is 19.1 Å². The van der Waals surface area contributed by atoms with E-state index in [4.69, 9.17) is 4.74 Å². The van der Waals surface area contributed by atoms with E-state index < -0.39 is 6.10 Å². The van der Waals surface area contributed by atoms with Crippen LogP contribution in [0.2, 0.25) is 0 Å². The first-order valence-electron chi connectivity index (χ1n) is 10.3. The van der Waals surface area contributed by atoms with Crippen LogP contribution in [0.15, 0.2) is 35.4 Å². The number of carbonyl (C=O) groups excluding carboxylic acids is 4. The monoisotopic (exact) mass is 452 g/mol. The molecule has 2 aromatic rings. The summed E-state index contributed by atoms with van der Waals surface area (Å²) in [6.45, 7) is 2.37. The molecule has 3 fully saturated rings. The highest BCUT2D eigenvalue weighted by molar-refractivity contribution is 8.18. The van der Waals surface area contributed by atoms with Gasteiger partial charge in [-0.25, -0.2) is 0 Å². The van der Waals surface area contributed by atoms with Crippen LogP contribution in [0, 0.1) is 0 Å². The molecule has 10 heteroatoms. The number of piperazine rings is 1. The Morgan fingerprint density at radius 1 is 1.16 bits per heavy atom. The van der Waals surface area contributed by atoms with Gasteiger partial charge in [-0.3, -0.25) is 29.5 Å². The molecule has 32 heavy (non-hydrogen) atoms. The Labute approximate surface area is 187 Å². The molecule has 1 aromatic heterocycles. The number of hydrogen-bond donors (Lipinski definition) is 1. The molecule has 0 aliphatic carbocycles. The van der Waals surface area contributed by atoms with Gasteiger partial charge in [-0.15, -0.1) is 0 Å². The number of ether oxygens (including phenoxy) is 1. The van der Waals surface area contributed by atoms with Crippen molar-refractivity contribution in [1.29, 1.82) is 0 Å². The molecule has 0 radical (unpaired) electrons. The van der Waals surface area contributed by atoms with Crippen molar-refractivity contribution >= 4 is 57.5 Å². The molecule has 0 spiro atoms. The molecule has 3 aliphatic rings. The Hall–Kier alpha value is -3.40. The van der Waals surface area contributed by atoms with E-state index in [0.29, 0.717) is 43.9 Å². The molecule has 1 aromatic carbocycles. The molecule has 4 heterocycles. The highest BCUT2D eigenvalue weighted by Crippen LogP contribution is 2.30. The van der Waals surface area contributed by atoms with Crippen LogP contribution in [0.3, 0.4) is 0 Å². The maximum Gasteiger partial charge on any atom is 0.306 e. The highest BCUT2D eigenvalue weighted by Gasteiger charge is 2.34. The fourth-order valence-electron chi connectivity index (χ4n) is 4.16. The summed E-state index contributed by atoms with van der Waals surface area (Å²) in [6.07, 6.45) is 3.55. The largest absolute Gasteiger partial charge is 0.452 e. The van der Waals surface area contributed by atoms with Crippen LogP contribution in [-0.4, -0.2) is 65.2 Å². The predicted molar refractivity (Wildman–Crippen MR) is 119 cm³/mol. The number of imide groups is 1. The number of nitrogens with zero attached hydrogens (tertiary/aromatic N) is 3. The van der Waals surface area contributed by atoms with Crippen molar-refractivity contribution < 1.29 is 23.9 Å². The Balaban J connectivity index is 1.35. The molecule has 3 aliphatic heterocycles. The average Bonchev–Trinajstić information content (AvgIpc) is 3.37. The molecule has 1 atom stereocenters. The number of thioether (sulfide) groups is 1. The number of rotatable bonds is 3. The number of hydrogen-bond acceptors (Lipinski definition) is 8. The minimum absolute atomic E-state index is 0.120. The fraction of sp³-hybridized carbons (Fsp3) is 0.318. The van der Waals surface area contributed by atoms with Crippen LogP contribution < -0.4 is 10.2 Å². The highest BCUT2D eigenvalue weighted by atomic mass is 32.2. The minimum Gasteiger partial charge on any atom is -0.452 e. The van der Waals surface area contributed by atoms with Crippen LogP contribution >= 0.6 is 11.8 Å². The van der Waals surface area contributed by atoms with Crippen molar-refractivity contribution in [1.82, 2.24) is 15.2 Å². The van der Waals surface area contributed by atoms with Crippen molar-refractivity contribution in [3.05, 3.63) is 40.9 Å². The molecule has 9 nitrogen and oxygen atoms in total. The summed E-state index contributed by atoms with van der Waals surface area (Å²) >= 11 is 0.886. The van der Waals surface area contributed by atoms with Gasteiger partial charge in [-0.1, -0.05) is 6.07 Å². The van der Waals surface area contributed by atoms with Gasteiger partial charge in [-0.05, 0) is 41.6 Å². The molecule has 0 bridgehead atoms. The second-order valence-electron chi connectivity index (χ2n) is 7.79. The van der Waals surface area contributed by atoms with Crippen molar-refractivity contribution in [3.63, 3.8) is 0 Å². The van der Waals surface area contributed by atoms with Crippen LogP contribution in [0.5, 0.6) is 0 Å². The standard InChI is InChI=1S/C22H20N4O5S/c27-19-4-3-17(31-19)21(29)26-9-7-25(8-10-26)16-5-6-23-15-2-1-13(11-14(15)16)12-18-20(28)24-22(30)32-18/h1-2,5-6,11-12,17H,3-4,7-10H2,(H,24,28,30)/b18-12-/t17-/m1/s1. The Bertz CT molecular complexity index is 1170. The number of carbonyl (C=O) groups is 4. The zero-order valence-corrected chi connectivity index (χ0v) is 17.9. The summed E-state index contributed by atoms with van der Waals surface area (Å²) in [7, 11) is 0. The predicted octanol–water partition coefficient (Wildman–Crippen LogP) is 1.91. The first-order valence-corrected chi connectivity index (χ1v) is 11.2. The molecule has 3 saturated heterocycles. The third-order valence-electron chi connectivity index (χ3n) is 5.77. The number of esters is 1. The van der Waals surface area contributed by atoms with Gasteiger partial charge < -0.3 is 14.5 Å². The number of aromatic nitrogens is 1. The van der Waals surface area contributed by atoms with Crippen molar-refractivity contribution in [3.8, 4) is 0 Å². The van der Waals surface area contributed by atoms with E-state index in [0.717, 1.165) is 33.9 Å². The zero-order chi connectivity index (χ0) is 22.2. The van der Waals surface area contributed by atoms with Gasteiger partial charge in [0.2, 0.25) is 0 Å². The molecule has 3 amide bonds. The van der Waals surface area contributed by atoms with Gasteiger partial charge in [0.1, 0.15) is 0 Å². The van der Waals surface area contributed by atoms with E-state index >= 15 is 0 Å². The van der Waals surface area contributed by atoms with E-state index in [2.05, 4.69) is 15.2 Å². The lowest BCUT2D eigenvalue weighted by molar-refractivity contribution is -0.153. The lowest BCUT2D eigenvalue weighted by Crippen LogP contribution is -2.51. The van der Waals surface area contributed by atoms with E-state index in [-0.39, 0.29) is 23.0 Å². The van der Waals surface area contributed by atoms with Gasteiger partial charge in [0.05, 0.1) is 10.4 Å². The number of cyclic esters (lactones) is 1. The average molecular weight is 452 g/mol. The fourth-order valence-corrected chi connectivity index (χ4v) is 4.84. The summed E-state index contributed by atoms with van der Waals surface area (Å²) in [4.78, 5) is 56.0. The SMILES string of the molecule is O=C1CC[C@H](C(=O)N2CCN(c3ccnc4ccc(/C=C5\SC(=O)NC5=O)cc34)CC2)O1. The van der Waals surface area contributed by atoms with Gasteiger partial charge in [0.25, 0.3) is 17.1 Å². The van der Waals surface area contributed by atoms with Gasteiger partial charge in [0, 0.05) is 56.3 Å². The summed E-state index contributed by atoms with van der Waals surface area (Å²) in [5, 5.41) is 2.82. The maximum atomic E-state index is 12.6. The number of fused-ring (bicyclic) bond motifs is 1. The van der Waals surface area contributed by atoms with Gasteiger partial charge in [-0.2, -0.15) is 0 Å². The van der Waals surface area contributed by atoms with Crippen LogP contribution in [0.4, 0.5) is 10.5 Å². The number of benzene rings is 1. The zero-order valence-electron chi connectivity index (χ0n) is 17.1. The van der Waals surface area contributed by atoms with E-state index in [1.807, 2.05) is 24.3 Å². The van der Waals surface area contributed by atoms with E-state index in [1.54, 1.807) is 17.2 Å². The van der Waals surface area contributed by atoms with E-state index in [9.17, 15) is 19.2 Å². The smallest absolute Gasteiger partial charge is 0.306 e. The third kappa shape index (κ3) is 3.93. The molecular formula is C22H20N4O5S. The van der Waals surface area contributed by atoms with Gasteiger partial charge in [0.15, 0.2) is 6.10 Å². The number of pyridine rings is 1. The molecule has 164 valence electrons. The van der Waals surface area contributed by atoms with Crippen molar-refractivity contribution in [2.24, 2.45) is 0 Å². The molecule has 0 unspecified atom stereocenters. The maximum absolute atomic E-state index is 12.6. The second-order valence-corrected chi connectivity index (χ2v) is 8.80. The molecule has 1 N–H and O–H groups in total. The number of amides is 3. The molecule has 0 saturated carbocycles. The van der Waals surface area contributed by atoms with Crippen LogP contribution in [0.1, 0.15) is 18.4 Å². The summed E-state index contributed by atoms with van der Waals surface area (Å²) in [5.41, 5.74) is 2.62. The first-order chi connectivity index (χ1) is 15.5. The van der Waals surface area contributed by atoms with E-state index in [1.165, 1.54) is 0 Å². The number of anilines is 1.